The van der Waals surface area contributed by atoms with Crippen molar-refractivity contribution in [2.24, 2.45) is 0 Å². The van der Waals surface area contributed by atoms with Crippen LogP contribution in [0.15, 0.2) is 29.1 Å². The third-order valence-electron chi connectivity index (χ3n) is 4.41. The first-order valence-electron chi connectivity index (χ1n) is 8.71. The molecule has 0 aliphatic heterocycles. The lowest BCUT2D eigenvalue weighted by Crippen LogP contribution is -2.23. The van der Waals surface area contributed by atoms with Gasteiger partial charge in [-0.3, -0.25) is 4.79 Å². The van der Waals surface area contributed by atoms with Crippen LogP contribution >= 0.6 is 0 Å². The standard InChI is InChI=1S/C19H22N4O2/c1-2-25-16-10-6-3-7-13(16)11-17-22-18(15(12-20)19(24)23-17)21-14-8-4-5-9-14/h3,6-7,10,14H,2,4-5,8-9,11H2,1H3,(H2,21,22,23,24). The van der Waals surface area contributed by atoms with Crippen molar-refractivity contribution in [2.75, 3.05) is 11.9 Å². The average molecular weight is 338 g/mol. The fraction of sp³-hybridized carbons (Fsp3) is 0.421. The SMILES string of the molecule is CCOc1ccccc1Cc1nc(NC2CCCC2)c(C#N)c(=O)[nH]1. The number of rotatable bonds is 6. The minimum atomic E-state index is -0.401. The van der Waals surface area contributed by atoms with Gasteiger partial charge in [-0.1, -0.05) is 31.0 Å². The van der Waals surface area contributed by atoms with Gasteiger partial charge in [0.05, 0.1) is 6.61 Å². The second kappa shape index (κ2) is 7.84. The van der Waals surface area contributed by atoms with Crippen LogP contribution in [0.2, 0.25) is 0 Å². The van der Waals surface area contributed by atoms with E-state index < -0.39 is 5.56 Å². The van der Waals surface area contributed by atoms with Crippen molar-refractivity contribution in [1.82, 2.24) is 9.97 Å². The predicted molar refractivity (Wildman–Crippen MR) is 95.9 cm³/mol. The number of ether oxygens (including phenoxy) is 1. The zero-order chi connectivity index (χ0) is 17.6. The Hall–Kier alpha value is -2.81. The van der Waals surface area contributed by atoms with Crippen LogP contribution in [0.3, 0.4) is 0 Å². The van der Waals surface area contributed by atoms with Crippen molar-refractivity contribution >= 4 is 5.82 Å². The number of hydrogen-bond acceptors (Lipinski definition) is 5. The normalized spacial score (nSPS) is 14.2. The Balaban J connectivity index is 1.90. The van der Waals surface area contributed by atoms with E-state index in [1.165, 1.54) is 0 Å². The second-order valence-electron chi connectivity index (χ2n) is 6.19. The van der Waals surface area contributed by atoms with Gasteiger partial charge in [-0.05, 0) is 25.8 Å². The Morgan fingerprint density at radius 1 is 1.36 bits per heavy atom. The highest BCUT2D eigenvalue weighted by molar-refractivity contribution is 5.51. The molecule has 1 aromatic heterocycles. The van der Waals surface area contributed by atoms with E-state index in [0.717, 1.165) is 37.0 Å². The first-order valence-corrected chi connectivity index (χ1v) is 8.71. The van der Waals surface area contributed by atoms with Crippen LogP contribution in [0.5, 0.6) is 5.75 Å². The average Bonchev–Trinajstić information content (AvgIpc) is 3.10. The molecule has 0 unspecified atom stereocenters. The number of para-hydroxylation sites is 1. The number of aromatic amines is 1. The van der Waals surface area contributed by atoms with Gasteiger partial charge >= 0.3 is 0 Å². The molecular formula is C19H22N4O2. The molecule has 2 N–H and O–H groups in total. The molecule has 0 bridgehead atoms. The van der Waals surface area contributed by atoms with Crippen LogP contribution in [0, 0.1) is 11.3 Å². The Morgan fingerprint density at radius 2 is 2.12 bits per heavy atom. The lowest BCUT2D eigenvalue weighted by atomic mass is 10.1. The summed E-state index contributed by atoms with van der Waals surface area (Å²) < 4.78 is 5.63. The van der Waals surface area contributed by atoms with Crippen LogP contribution in [-0.2, 0) is 6.42 Å². The maximum atomic E-state index is 12.3. The van der Waals surface area contributed by atoms with Crippen LogP contribution < -0.4 is 15.6 Å². The second-order valence-corrected chi connectivity index (χ2v) is 6.19. The molecule has 6 nitrogen and oxygen atoms in total. The summed E-state index contributed by atoms with van der Waals surface area (Å²) in [7, 11) is 0. The van der Waals surface area contributed by atoms with E-state index in [1.54, 1.807) is 0 Å². The molecule has 1 heterocycles. The van der Waals surface area contributed by atoms with Crippen molar-refractivity contribution in [2.45, 2.75) is 45.1 Å². The molecule has 1 fully saturated rings. The number of benzene rings is 1. The molecule has 0 radical (unpaired) electrons. The quantitative estimate of drug-likeness (QED) is 0.845. The van der Waals surface area contributed by atoms with Crippen LogP contribution in [0.25, 0.3) is 0 Å². The Morgan fingerprint density at radius 3 is 2.84 bits per heavy atom. The number of anilines is 1. The molecule has 2 aromatic rings. The van der Waals surface area contributed by atoms with Crippen molar-refractivity contribution in [3.63, 3.8) is 0 Å². The predicted octanol–water partition coefficient (Wildman–Crippen LogP) is 2.99. The van der Waals surface area contributed by atoms with E-state index in [4.69, 9.17) is 4.74 Å². The highest BCUT2D eigenvalue weighted by Crippen LogP contribution is 2.23. The van der Waals surface area contributed by atoms with Crippen LogP contribution in [0.4, 0.5) is 5.82 Å². The summed E-state index contributed by atoms with van der Waals surface area (Å²) in [6.07, 6.45) is 4.86. The first-order chi connectivity index (χ1) is 12.2. The molecule has 1 aromatic carbocycles. The molecule has 0 atom stereocenters. The third-order valence-corrected chi connectivity index (χ3v) is 4.41. The van der Waals surface area contributed by atoms with Gasteiger partial charge in [0.15, 0.2) is 11.4 Å². The molecule has 3 rings (SSSR count). The van der Waals surface area contributed by atoms with Gasteiger partial charge in [0.25, 0.3) is 5.56 Å². The van der Waals surface area contributed by atoms with E-state index in [9.17, 15) is 10.1 Å². The molecule has 1 saturated carbocycles. The van der Waals surface area contributed by atoms with Gasteiger partial charge in [-0.25, -0.2) is 4.98 Å². The molecule has 0 amide bonds. The summed E-state index contributed by atoms with van der Waals surface area (Å²) in [6, 6.07) is 9.94. The van der Waals surface area contributed by atoms with Crippen molar-refractivity contribution < 1.29 is 4.74 Å². The monoisotopic (exact) mass is 338 g/mol. The maximum absolute atomic E-state index is 12.3. The summed E-state index contributed by atoms with van der Waals surface area (Å²) in [6.45, 7) is 2.51. The summed E-state index contributed by atoms with van der Waals surface area (Å²) in [5.41, 5.74) is 0.597. The molecule has 6 heteroatoms. The van der Waals surface area contributed by atoms with Gasteiger partial charge in [0.1, 0.15) is 17.6 Å². The van der Waals surface area contributed by atoms with Gasteiger partial charge in [-0.2, -0.15) is 5.26 Å². The van der Waals surface area contributed by atoms with E-state index in [2.05, 4.69) is 15.3 Å². The molecule has 0 spiro atoms. The number of hydrogen-bond donors (Lipinski definition) is 2. The summed E-state index contributed by atoms with van der Waals surface area (Å²) >= 11 is 0. The minimum absolute atomic E-state index is 0.0498. The summed E-state index contributed by atoms with van der Waals surface area (Å²) in [5.74, 6) is 1.70. The highest BCUT2D eigenvalue weighted by Gasteiger charge is 2.19. The van der Waals surface area contributed by atoms with Gasteiger partial charge in [0, 0.05) is 18.0 Å². The first kappa shape index (κ1) is 17.0. The van der Waals surface area contributed by atoms with E-state index in [0.29, 0.717) is 24.7 Å². The summed E-state index contributed by atoms with van der Waals surface area (Å²) in [5, 5.41) is 12.6. The largest absolute Gasteiger partial charge is 0.494 e. The Kier molecular flexibility index (Phi) is 5.34. The maximum Gasteiger partial charge on any atom is 0.271 e. The molecule has 25 heavy (non-hydrogen) atoms. The summed E-state index contributed by atoms with van der Waals surface area (Å²) in [4.78, 5) is 19.5. The van der Waals surface area contributed by atoms with Gasteiger partial charge < -0.3 is 15.0 Å². The van der Waals surface area contributed by atoms with Crippen molar-refractivity contribution in [1.29, 1.82) is 5.26 Å². The lowest BCUT2D eigenvalue weighted by molar-refractivity contribution is 0.337. The number of nitrogens with zero attached hydrogens (tertiary/aromatic N) is 2. The molecule has 0 saturated heterocycles. The molecule has 1 aliphatic rings. The van der Waals surface area contributed by atoms with Gasteiger partial charge in [0.2, 0.25) is 0 Å². The van der Waals surface area contributed by atoms with Crippen molar-refractivity contribution in [3.05, 3.63) is 51.6 Å². The molecule has 1 aliphatic carbocycles. The van der Waals surface area contributed by atoms with E-state index in [1.807, 2.05) is 37.3 Å². The van der Waals surface area contributed by atoms with E-state index >= 15 is 0 Å². The number of aromatic nitrogens is 2. The highest BCUT2D eigenvalue weighted by atomic mass is 16.5. The fourth-order valence-corrected chi connectivity index (χ4v) is 3.20. The molecule has 130 valence electrons. The molecular weight excluding hydrogens is 316 g/mol. The zero-order valence-electron chi connectivity index (χ0n) is 14.3. The van der Waals surface area contributed by atoms with Crippen LogP contribution in [0.1, 0.15) is 49.6 Å². The number of H-pyrrole nitrogens is 1. The van der Waals surface area contributed by atoms with E-state index in [-0.39, 0.29) is 11.6 Å². The Bertz CT molecular complexity index is 832. The lowest BCUT2D eigenvalue weighted by Gasteiger charge is -2.15. The van der Waals surface area contributed by atoms with Crippen molar-refractivity contribution in [3.8, 4) is 11.8 Å². The zero-order valence-corrected chi connectivity index (χ0v) is 14.3. The third kappa shape index (κ3) is 4.00. The number of nitriles is 1. The minimum Gasteiger partial charge on any atom is -0.494 e. The van der Waals surface area contributed by atoms with Crippen LogP contribution in [-0.4, -0.2) is 22.6 Å². The topological polar surface area (TPSA) is 90.8 Å². The smallest absolute Gasteiger partial charge is 0.271 e. The fourth-order valence-electron chi connectivity index (χ4n) is 3.20. The Labute approximate surface area is 146 Å². The van der Waals surface area contributed by atoms with Gasteiger partial charge in [-0.15, -0.1) is 0 Å². The number of nitrogens with one attached hydrogen (secondary N) is 2.